The van der Waals surface area contributed by atoms with Crippen LogP contribution in [0.15, 0.2) is 18.2 Å². The second kappa shape index (κ2) is 9.92. The van der Waals surface area contributed by atoms with Gasteiger partial charge in [0, 0.05) is 44.6 Å². The van der Waals surface area contributed by atoms with Crippen LogP contribution in [0.4, 0.5) is 8.78 Å². The molecule has 1 atom stereocenters. The van der Waals surface area contributed by atoms with Gasteiger partial charge in [-0.3, -0.25) is 9.59 Å². The number of amides is 2. The highest BCUT2D eigenvalue weighted by molar-refractivity contribution is 7.88. The summed E-state index contributed by atoms with van der Waals surface area (Å²) in [6, 6.07) is 3.04. The second-order valence-electron chi connectivity index (χ2n) is 6.89. The minimum absolute atomic E-state index is 0.0220. The molecule has 7 nitrogen and oxygen atoms in total. The van der Waals surface area contributed by atoms with Crippen molar-refractivity contribution in [2.45, 2.75) is 32.2 Å². The van der Waals surface area contributed by atoms with Gasteiger partial charge < -0.3 is 10.6 Å². The van der Waals surface area contributed by atoms with Gasteiger partial charge >= 0.3 is 0 Å². The summed E-state index contributed by atoms with van der Waals surface area (Å²) in [5.74, 6) is -2.46. The number of halogens is 2. The standard InChI is InChI=1S/C18H25F2N3O4S/c1-28(26,27)23-7-2-3-14(4-6-21-17(24)5-8-23)18(25)22-12-13-9-15(19)11-16(20)10-13/h9-11,14H,2-8,12H2,1H3,(H,21,24)(H,22,25). The van der Waals surface area contributed by atoms with E-state index in [1.54, 1.807) is 0 Å². The number of carbonyl (C=O) groups excluding carboxylic acids is 2. The summed E-state index contributed by atoms with van der Waals surface area (Å²) in [5, 5.41) is 5.34. The second-order valence-corrected chi connectivity index (χ2v) is 8.87. The minimum atomic E-state index is -3.44. The number of nitrogens with zero attached hydrogens (tertiary/aromatic N) is 1. The Morgan fingerprint density at radius 2 is 1.89 bits per heavy atom. The van der Waals surface area contributed by atoms with Crippen molar-refractivity contribution in [1.29, 1.82) is 0 Å². The summed E-state index contributed by atoms with van der Waals surface area (Å²) >= 11 is 0. The molecule has 1 saturated heterocycles. The molecule has 28 heavy (non-hydrogen) atoms. The van der Waals surface area contributed by atoms with Gasteiger partial charge in [0.25, 0.3) is 0 Å². The molecule has 10 heteroatoms. The molecule has 156 valence electrons. The van der Waals surface area contributed by atoms with Crippen molar-refractivity contribution in [1.82, 2.24) is 14.9 Å². The van der Waals surface area contributed by atoms with Crippen molar-refractivity contribution in [2.75, 3.05) is 25.9 Å². The van der Waals surface area contributed by atoms with Gasteiger partial charge in [-0.25, -0.2) is 21.5 Å². The van der Waals surface area contributed by atoms with E-state index in [1.165, 1.54) is 4.31 Å². The Kier molecular flexibility index (Phi) is 7.88. The summed E-state index contributed by atoms with van der Waals surface area (Å²) in [6.07, 6.45) is 2.45. The zero-order chi connectivity index (χ0) is 20.7. The molecule has 1 aromatic rings. The molecule has 1 unspecified atom stereocenters. The molecular formula is C18H25F2N3O4S. The fourth-order valence-electron chi connectivity index (χ4n) is 3.11. The average molecular weight is 417 g/mol. The van der Waals surface area contributed by atoms with Gasteiger partial charge in [0.15, 0.2) is 0 Å². The van der Waals surface area contributed by atoms with Crippen molar-refractivity contribution >= 4 is 21.8 Å². The lowest BCUT2D eigenvalue weighted by molar-refractivity contribution is -0.126. The van der Waals surface area contributed by atoms with Crippen molar-refractivity contribution in [2.24, 2.45) is 5.92 Å². The van der Waals surface area contributed by atoms with E-state index in [9.17, 15) is 26.8 Å². The van der Waals surface area contributed by atoms with Crippen LogP contribution < -0.4 is 10.6 Å². The zero-order valence-corrected chi connectivity index (χ0v) is 16.5. The normalized spacial score (nSPS) is 20.1. The van der Waals surface area contributed by atoms with E-state index in [4.69, 9.17) is 0 Å². The smallest absolute Gasteiger partial charge is 0.223 e. The molecule has 0 radical (unpaired) electrons. The predicted octanol–water partition coefficient (Wildman–Crippen LogP) is 1.15. The highest BCUT2D eigenvalue weighted by Crippen LogP contribution is 2.15. The maximum Gasteiger partial charge on any atom is 0.223 e. The lowest BCUT2D eigenvalue weighted by Gasteiger charge is -2.20. The summed E-state index contributed by atoms with van der Waals surface area (Å²) < 4.78 is 51.4. The first-order chi connectivity index (χ1) is 13.1. The van der Waals surface area contributed by atoms with Crippen molar-refractivity contribution < 1.29 is 26.8 Å². The highest BCUT2D eigenvalue weighted by Gasteiger charge is 2.23. The van der Waals surface area contributed by atoms with E-state index < -0.39 is 27.6 Å². The SMILES string of the molecule is CS(=O)(=O)N1CCCC(C(=O)NCc2cc(F)cc(F)c2)CCNC(=O)CC1. The van der Waals surface area contributed by atoms with Gasteiger partial charge in [0.1, 0.15) is 11.6 Å². The molecule has 1 aromatic carbocycles. The molecule has 0 aliphatic carbocycles. The van der Waals surface area contributed by atoms with E-state index in [0.717, 1.165) is 24.5 Å². The maximum atomic E-state index is 13.3. The van der Waals surface area contributed by atoms with E-state index in [0.29, 0.717) is 31.4 Å². The van der Waals surface area contributed by atoms with Crippen LogP contribution in [0, 0.1) is 17.6 Å². The predicted molar refractivity (Wildman–Crippen MR) is 99.6 cm³/mol. The number of carbonyl (C=O) groups is 2. The number of hydrogen-bond acceptors (Lipinski definition) is 4. The Bertz CT molecular complexity index is 797. The monoisotopic (exact) mass is 417 g/mol. The van der Waals surface area contributed by atoms with Crippen molar-refractivity contribution in [3.05, 3.63) is 35.4 Å². The van der Waals surface area contributed by atoms with Crippen LogP contribution in [0.5, 0.6) is 0 Å². The highest BCUT2D eigenvalue weighted by atomic mass is 32.2. The van der Waals surface area contributed by atoms with Crippen LogP contribution in [-0.4, -0.2) is 50.4 Å². The first kappa shape index (κ1) is 22.2. The summed E-state index contributed by atoms with van der Waals surface area (Å²) in [7, 11) is -3.44. The van der Waals surface area contributed by atoms with Crippen molar-refractivity contribution in [3.8, 4) is 0 Å². The van der Waals surface area contributed by atoms with E-state index in [1.807, 2.05) is 0 Å². The molecule has 0 spiro atoms. The zero-order valence-electron chi connectivity index (χ0n) is 15.7. The molecular weight excluding hydrogens is 392 g/mol. The minimum Gasteiger partial charge on any atom is -0.356 e. The van der Waals surface area contributed by atoms with Gasteiger partial charge in [-0.05, 0) is 37.0 Å². The van der Waals surface area contributed by atoms with Crippen LogP contribution in [0.3, 0.4) is 0 Å². The van der Waals surface area contributed by atoms with E-state index in [2.05, 4.69) is 10.6 Å². The Morgan fingerprint density at radius 3 is 2.54 bits per heavy atom. The maximum absolute atomic E-state index is 13.3. The van der Waals surface area contributed by atoms with Gasteiger partial charge in [0.05, 0.1) is 6.26 Å². The summed E-state index contributed by atoms with van der Waals surface area (Å²) in [5.41, 5.74) is 0.305. The number of sulfonamides is 1. The number of benzene rings is 1. The first-order valence-corrected chi connectivity index (χ1v) is 10.9. The molecule has 2 rings (SSSR count). The Hall–Kier alpha value is -2.07. The van der Waals surface area contributed by atoms with Crippen LogP contribution >= 0.6 is 0 Å². The van der Waals surface area contributed by atoms with Crippen LogP contribution in [-0.2, 0) is 26.2 Å². The topological polar surface area (TPSA) is 95.6 Å². The number of rotatable bonds is 4. The fraction of sp³-hybridized carbons (Fsp3) is 0.556. The molecule has 0 aromatic heterocycles. The molecule has 1 aliphatic heterocycles. The van der Waals surface area contributed by atoms with Crippen LogP contribution in [0.25, 0.3) is 0 Å². The largest absolute Gasteiger partial charge is 0.356 e. The first-order valence-electron chi connectivity index (χ1n) is 9.09. The molecule has 1 heterocycles. The number of nitrogens with one attached hydrogen (secondary N) is 2. The van der Waals surface area contributed by atoms with Crippen molar-refractivity contribution in [3.63, 3.8) is 0 Å². The van der Waals surface area contributed by atoms with Crippen LogP contribution in [0.1, 0.15) is 31.2 Å². The molecule has 1 fully saturated rings. The average Bonchev–Trinajstić information content (AvgIpc) is 2.62. The Morgan fingerprint density at radius 1 is 1.21 bits per heavy atom. The molecule has 0 bridgehead atoms. The van der Waals surface area contributed by atoms with Crippen LogP contribution in [0.2, 0.25) is 0 Å². The Labute approximate surface area is 163 Å². The molecule has 1 aliphatic rings. The lowest BCUT2D eigenvalue weighted by Crippen LogP contribution is -2.35. The molecule has 2 N–H and O–H groups in total. The van der Waals surface area contributed by atoms with E-state index >= 15 is 0 Å². The number of hydrogen-bond donors (Lipinski definition) is 2. The third kappa shape index (κ3) is 7.16. The van der Waals surface area contributed by atoms with Gasteiger partial charge in [-0.15, -0.1) is 0 Å². The van der Waals surface area contributed by atoms with E-state index in [-0.39, 0.29) is 37.9 Å². The molecule has 0 saturated carbocycles. The summed E-state index contributed by atoms with van der Waals surface area (Å²) in [4.78, 5) is 24.3. The third-order valence-corrected chi connectivity index (χ3v) is 5.90. The summed E-state index contributed by atoms with van der Waals surface area (Å²) in [6.45, 7) is 0.605. The van der Waals surface area contributed by atoms with Gasteiger partial charge in [-0.2, -0.15) is 0 Å². The third-order valence-electron chi connectivity index (χ3n) is 4.59. The van der Waals surface area contributed by atoms with Gasteiger partial charge in [0.2, 0.25) is 21.8 Å². The quantitative estimate of drug-likeness (QED) is 0.768. The van der Waals surface area contributed by atoms with Gasteiger partial charge in [-0.1, -0.05) is 0 Å². The molecule has 2 amide bonds. The lowest BCUT2D eigenvalue weighted by atomic mass is 9.98. The Balaban J connectivity index is 1.99. The fourth-order valence-corrected chi connectivity index (χ4v) is 3.99.